The molecule has 7 heteroatoms. The number of halogens is 1. The molecule has 1 amide bonds. The van der Waals surface area contributed by atoms with Crippen LogP contribution in [0.1, 0.15) is 27.5 Å². The number of carbonyl (C=O) groups is 1. The van der Waals surface area contributed by atoms with Crippen LogP contribution in [0.25, 0.3) is 0 Å². The summed E-state index contributed by atoms with van der Waals surface area (Å²) in [7, 11) is 4.72. The maximum absolute atomic E-state index is 13.6. The van der Waals surface area contributed by atoms with Crippen molar-refractivity contribution in [1.29, 1.82) is 0 Å². The minimum atomic E-state index is -0.393. The Balaban J connectivity index is 1.72. The summed E-state index contributed by atoms with van der Waals surface area (Å²) < 4.78 is 35.7. The van der Waals surface area contributed by atoms with Crippen LogP contribution in [0, 0.1) is 5.82 Å². The number of carbonyl (C=O) groups excluding carboxylic acids is 1. The molecule has 1 atom stereocenters. The number of fused-ring (bicyclic) bond motifs is 1. The van der Waals surface area contributed by atoms with Crippen molar-refractivity contribution in [3.8, 4) is 23.0 Å². The molecule has 0 aromatic heterocycles. The second kappa shape index (κ2) is 9.81. The molecule has 33 heavy (non-hydrogen) atoms. The summed E-state index contributed by atoms with van der Waals surface area (Å²) in [5, 5.41) is 0. The van der Waals surface area contributed by atoms with Gasteiger partial charge in [0.2, 0.25) is 0 Å². The smallest absolute Gasteiger partial charge is 0.258 e. The molecule has 6 nitrogen and oxygen atoms in total. The van der Waals surface area contributed by atoms with E-state index in [-0.39, 0.29) is 18.3 Å². The van der Waals surface area contributed by atoms with Crippen molar-refractivity contribution in [2.45, 2.75) is 12.5 Å². The molecule has 0 unspecified atom stereocenters. The number of rotatable bonds is 7. The predicted octanol–water partition coefficient (Wildman–Crippen LogP) is 4.67. The molecular formula is C26H26FNO5. The lowest BCUT2D eigenvalue weighted by molar-refractivity contribution is 0.0586. The van der Waals surface area contributed by atoms with Crippen LogP contribution in [-0.2, 0) is 6.42 Å². The van der Waals surface area contributed by atoms with Gasteiger partial charge in [0.05, 0.1) is 32.9 Å². The number of para-hydroxylation sites is 1. The maximum atomic E-state index is 13.6. The molecule has 0 radical (unpaired) electrons. The fraction of sp³-hybridized carbons (Fsp3) is 0.269. The number of benzene rings is 3. The van der Waals surface area contributed by atoms with Crippen molar-refractivity contribution in [2.24, 2.45) is 0 Å². The Hall–Kier alpha value is -3.74. The lowest BCUT2D eigenvalue weighted by Crippen LogP contribution is -2.42. The first-order valence-corrected chi connectivity index (χ1v) is 10.6. The highest BCUT2D eigenvalue weighted by Crippen LogP contribution is 2.39. The van der Waals surface area contributed by atoms with Crippen LogP contribution >= 0.6 is 0 Å². The molecule has 3 aromatic carbocycles. The quantitative estimate of drug-likeness (QED) is 0.523. The maximum Gasteiger partial charge on any atom is 0.258 e. The standard InChI is InChI=1S/C26H26FNO5/c1-30-23-7-5-4-6-20(23)26(29)28-13-12-17-14-24(31-2)25(32-3)15-21(17)22(28)16-33-19-10-8-18(27)9-11-19/h4-11,14-15,22H,12-13,16H2,1-3H3/t22-/m0/s1. The van der Waals surface area contributed by atoms with E-state index in [0.717, 1.165) is 11.1 Å². The Morgan fingerprint density at radius 3 is 2.30 bits per heavy atom. The van der Waals surface area contributed by atoms with Crippen LogP contribution in [0.2, 0.25) is 0 Å². The van der Waals surface area contributed by atoms with E-state index in [2.05, 4.69) is 0 Å². The summed E-state index contributed by atoms with van der Waals surface area (Å²) in [6, 6.07) is 16.4. The molecule has 0 N–H and O–H groups in total. The molecular weight excluding hydrogens is 425 g/mol. The Kier molecular flexibility index (Phi) is 6.68. The van der Waals surface area contributed by atoms with Gasteiger partial charge in [0.15, 0.2) is 11.5 Å². The molecule has 0 saturated carbocycles. The van der Waals surface area contributed by atoms with Crippen molar-refractivity contribution < 1.29 is 28.1 Å². The van der Waals surface area contributed by atoms with Gasteiger partial charge in [-0.3, -0.25) is 4.79 Å². The van der Waals surface area contributed by atoms with Gasteiger partial charge < -0.3 is 23.8 Å². The van der Waals surface area contributed by atoms with Gasteiger partial charge in [0, 0.05) is 6.54 Å². The SMILES string of the molecule is COc1cc2c(cc1OC)[C@H](COc1ccc(F)cc1)N(C(=O)c1ccccc1OC)CC2. The zero-order chi connectivity index (χ0) is 23.4. The number of hydrogen-bond acceptors (Lipinski definition) is 5. The van der Waals surface area contributed by atoms with Gasteiger partial charge in [-0.05, 0) is 66.1 Å². The monoisotopic (exact) mass is 451 g/mol. The molecule has 0 fully saturated rings. The molecule has 0 saturated heterocycles. The van der Waals surface area contributed by atoms with Crippen molar-refractivity contribution in [1.82, 2.24) is 4.90 Å². The first-order chi connectivity index (χ1) is 16.0. The topological polar surface area (TPSA) is 57.2 Å². The zero-order valence-electron chi connectivity index (χ0n) is 18.8. The van der Waals surface area contributed by atoms with Crippen LogP contribution in [0.5, 0.6) is 23.0 Å². The highest BCUT2D eigenvalue weighted by molar-refractivity contribution is 5.97. The zero-order valence-corrected chi connectivity index (χ0v) is 18.8. The third-order valence-electron chi connectivity index (χ3n) is 5.82. The van der Waals surface area contributed by atoms with E-state index in [1.54, 1.807) is 50.5 Å². The number of nitrogens with zero attached hydrogens (tertiary/aromatic N) is 1. The molecule has 0 spiro atoms. The lowest BCUT2D eigenvalue weighted by atomic mass is 9.91. The van der Waals surface area contributed by atoms with Crippen LogP contribution in [-0.4, -0.2) is 45.3 Å². The summed E-state index contributed by atoms with van der Waals surface area (Å²) in [4.78, 5) is 15.4. The molecule has 1 aliphatic rings. The lowest BCUT2D eigenvalue weighted by Gasteiger charge is -2.38. The molecule has 1 heterocycles. The van der Waals surface area contributed by atoms with Gasteiger partial charge in [0.25, 0.3) is 5.91 Å². The van der Waals surface area contributed by atoms with E-state index in [9.17, 15) is 9.18 Å². The summed E-state index contributed by atoms with van der Waals surface area (Å²) in [6.07, 6.45) is 0.656. The second-order valence-corrected chi connectivity index (χ2v) is 7.64. The van der Waals surface area contributed by atoms with E-state index in [0.29, 0.717) is 41.5 Å². The summed E-state index contributed by atoms with van der Waals surface area (Å²) >= 11 is 0. The molecule has 3 aromatic rings. The van der Waals surface area contributed by atoms with E-state index >= 15 is 0 Å². The van der Waals surface area contributed by atoms with E-state index in [1.807, 2.05) is 24.3 Å². The first kappa shape index (κ1) is 22.5. The minimum absolute atomic E-state index is 0.152. The normalized spacial score (nSPS) is 14.9. The largest absolute Gasteiger partial charge is 0.496 e. The third kappa shape index (κ3) is 4.58. The average molecular weight is 451 g/mol. The van der Waals surface area contributed by atoms with Gasteiger partial charge in [0.1, 0.15) is 23.9 Å². The Morgan fingerprint density at radius 2 is 1.61 bits per heavy atom. The first-order valence-electron chi connectivity index (χ1n) is 10.6. The Labute approximate surface area is 192 Å². The molecule has 172 valence electrons. The molecule has 1 aliphatic heterocycles. The van der Waals surface area contributed by atoms with Gasteiger partial charge in [-0.25, -0.2) is 4.39 Å². The molecule has 0 aliphatic carbocycles. The predicted molar refractivity (Wildman–Crippen MR) is 122 cm³/mol. The van der Waals surface area contributed by atoms with Gasteiger partial charge in [-0.2, -0.15) is 0 Å². The number of methoxy groups -OCH3 is 3. The van der Waals surface area contributed by atoms with Crippen LogP contribution in [0.3, 0.4) is 0 Å². The van der Waals surface area contributed by atoms with Gasteiger partial charge >= 0.3 is 0 Å². The number of hydrogen-bond donors (Lipinski definition) is 0. The summed E-state index contributed by atoms with van der Waals surface area (Å²) in [5.41, 5.74) is 2.46. The van der Waals surface area contributed by atoms with Crippen LogP contribution in [0.15, 0.2) is 60.7 Å². The Bertz CT molecular complexity index is 1130. The van der Waals surface area contributed by atoms with Crippen molar-refractivity contribution in [2.75, 3.05) is 34.5 Å². The van der Waals surface area contributed by atoms with E-state index in [1.165, 1.54) is 12.1 Å². The minimum Gasteiger partial charge on any atom is -0.496 e. The number of ether oxygens (including phenoxy) is 4. The second-order valence-electron chi connectivity index (χ2n) is 7.64. The Morgan fingerprint density at radius 1 is 0.939 bits per heavy atom. The fourth-order valence-corrected chi connectivity index (χ4v) is 4.13. The van der Waals surface area contributed by atoms with Crippen molar-refractivity contribution in [3.63, 3.8) is 0 Å². The third-order valence-corrected chi connectivity index (χ3v) is 5.82. The molecule has 0 bridgehead atoms. The van der Waals surface area contributed by atoms with Gasteiger partial charge in [-0.1, -0.05) is 12.1 Å². The molecule has 4 rings (SSSR count). The van der Waals surface area contributed by atoms with E-state index < -0.39 is 6.04 Å². The van der Waals surface area contributed by atoms with Crippen molar-refractivity contribution >= 4 is 5.91 Å². The van der Waals surface area contributed by atoms with Crippen LogP contribution in [0.4, 0.5) is 4.39 Å². The summed E-state index contributed by atoms with van der Waals surface area (Å²) in [5.74, 6) is 1.76. The average Bonchev–Trinajstić information content (AvgIpc) is 2.86. The highest BCUT2D eigenvalue weighted by atomic mass is 19.1. The number of amides is 1. The van der Waals surface area contributed by atoms with E-state index in [4.69, 9.17) is 18.9 Å². The van der Waals surface area contributed by atoms with Crippen LogP contribution < -0.4 is 18.9 Å². The van der Waals surface area contributed by atoms with Gasteiger partial charge in [-0.15, -0.1) is 0 Å². The fourth-order valence-electron chi connectivity index (χ4n) is 4.13. The van der Waals surface area contributed by atoms with Crippen molar-refractivity contribution in [3.05, 3.63) is 83.2 Å². The highest BCUT2D eigenvalue weighted by Gasteiger charge is 2.34. The summed E-state index contributed by atoms with van der Waals surface area (Å²) in [6.45, 7) is 0.686.